The van der Waals surface area contributed by atoms with Gasteiger partial charge in [-0.15, -0.1) is 0 Å². The molecule has 2 aromatic rings. The Labute approximate surface area is 140 Å². The van der Waals surface area contributed by atoms with Crippen LogP contribution < -0.4 is 5.32 Å². The first kappa shape index (κ1) is 16.9. The number of nitrogens with zero attached hydrogens (tertiary/aromatic N) is 3. The van der Waals surface area contributed by atoms with Gasteiger partial charge in [-0.05, 0) is 43.3 Å². The number of hydrogen-bond acceptors (Lipinski definition) is 6. The highest BCUT2D eigenvalue weighted by Gasteiger charge is 2.08. The van der Waals surface area contributed by atoms with Gasteiger partial charge in [-0.25, -0.2) is 4.79 Å². The van der Waals surface area contributed by atoms with Crippen LogP contribution in [-0.4, -0.2) is 12.6 Å². The Kier molecular flexibility index (Phi) is 6.24. The molecule has 6 heteroatoms. The predicted molar refractivity (Wildman–Crippen MR) is 91.0 cm³/mol. The standard InChI is InChI=1S/C18H16N4O2/c1-2-24-18(23)14(12-19)13-20-15-8-10-17(11-9-15)22-21-16-6-4-3-5-7-16/h3-11,13,20H,2H2,1H3/b14-13-,22-21?. The van der Waals surface area contributed by atoms with E-state index in [0.717, 1.165) is 5.69 Å². The van der Waals surface area contributed by atoms with E-state index in [1.807, 2.05) is 30.3 Å². The molecule has 0 spiro atoms. The maximum absolute atomic E-state index is 11.5. The van der Waals surface area contributed by atoms with Crippen molar-refractivity contribution in [2.24, 2.45) is 10.2 Å². The molecule has 0 aromatic heterocycles. The number of nitrogens with one attached hydrogen (secondary N) is 1. The number of hydrogen-bond donors (Lipinski definition) is 1. The van der Waals surface area contributed by atoms with Crippen molar-refractivity contribution in [1.29, 1.82) is 5.26 Å². The summed E-state index contributed by atoms with van der Waals surface area (Å²) < 4.78 is 4.78. The van der Waals surface area contributed by atoms with Crippen molar-refractivity contribution in [3.8, 4) is 6.07 Å². The summed E-state index contributed by atoms with van der Waals surface area (Å²) in [5, 5.41) is 20.1. The number of esters is 1. The number of azo groups is 1. The SMILES string of the molecule is CCOC(=O)/C(C#N)=C\Nc1ccc(N=Nc2ccccc2)cc1. The molecule has 0 unspecified atom stereocenters. The zero-order chi connectivity index (χ0) is 17.2. The first-order valence-electron chi connectivity index (χ1n) is 7.33. The third kappa shape index (κ3) is 5.07. The summed E-state index contributed by atoms with van der Waals surface area (Å²) >= 11 is 0. The number of nitriles is 1. The van der Waals surface area contributed by atoms with Gasteiger partial charge < -0.3 is 10.1 Å². The zero-order valence-electron chi connectivity index (χ0n) is 13.1. The molecule has 0 amide bonds. The number of rotatable bonds is 6. The minimum absolute atomic E-state index is 0.0929. The molecular formula is C18H16N4O2. The predicted octanol–water partition coefficient (Wildman–Crippen LogP) is 4.48. The minimum atomic E-state index is -0.652. The van der Waals surface area contributed by atoms with E-state index in [1.54, 1.807) is 37.3 Å². The van der Waals surface area contributed by atoms with Gasteiger partial charge in [0.2, 0.25) is 0 Å². The summed E-state index contributed by atoms with van der Waals surface area (Å²) in [6.07, 6.45) is 1.32. The Morgan fingerprint density at radius 3 is 2.33 bits per heavy atom. The molecular weight excluding hydrogens is 304 g/mol. The van der Waals surface area contributed by atoms with E-state index in [4.69, 9.17) is 10.00 Å². The van der Waals surface area contributed by atoms with Crippen molar-refractivity contribution in [2.75, 3.05) is 11.9 Å². The van der Waals surface area contributed by atoms with Crippen LogP contribution in [-0.2, 0) is 9.53 Å². The normalized spacial score (nSPS) is 11.1. The molecule has 0 aliphatic heterocycles. The van der Waals surface area contributed by atoms with E-state index >= 15 is 0 Å². The Morgan fingerprint density at radius 2 is 1.75 bits per heavy atom. The molecule has 0 aliphatic rings. The lowest BCUT2D eigenvalue weighted by atomic mass is 10.2. The summed E-state index contributed by atoms with van der Waals surface area (Å²) in [7, 11) is 0. The minimum Gasteiger partial charge on any atom is -0.462 e. The summed E-state index contributed by atoms with van der Waals surface area (Å²) in [6, 6.07) is 18.3. The van der Waals surface area contributed by atoms with Crippen molar-refractivity contribution in [3.05, 3.63) is 66.4 Å². The molecule has 0 atom stereocenters. The smallest absolute Gasteiger partial charge is 0.350 e. The molecule has 0 bridgehead atoms. The first-order valence-corrected chi connectivity index (χ1v) is 7.33. The third-order valence-corrected chi connectivity index (χ3v) is 2.90. The van der Waals surface area contributed by atoms with Crippen LogP contribution >= 0.6 is 0 Å². The van der Waals surface area contributed by atoms with Gasteiger partial charge in [0, 0.05) is 11.9 Å². The summed E-state index contributed by atoms with van der Waals surface area (Å²) in [4.78, 5) is 11.5. The van der Waals surface area contributed by atoms with Crippen LogP contribution in [0.1, 0.15) is 6.92 Å². The Morgan fingerprint density at radius 1 is 1.12 bits per heavy atom. The topological polar surface area (TPSA) is 86.8 Å². The summed E-state index contributed by atoms with van der Waals surface area (Å²) in [5.41, 5.74) is 2.09. The second kappa shape index (κ2) is 8.86. The highest BCUT2D eigenvalue weighted by molar-refractivity contribution is 5.93. The molecule has 2 aromatic carbocycles. The molecule has 0 saturated carbocycles. The molecule has 0 radical (unpaired) electrons. The van der Waals surface area contributed by atoms with Gasteiger partial charge in [0.15, 0.2) is 5.57 Å². The van der Waals surface area contributed by atoms with E-state index in [-0.39, 0.29) is 12.2 Å². The quantitative estimate of drug-likeness (QED) is 0.368. The number of ether oxygens (including phenoxy) is 1. The first-order chi connectivity index (χ1) is 11.7. The number of anilines is 1. The van der Waals surface area contributed by atoms with Crippen LogP contribution in [0.4, 0.5) is 17.1 Å². The van der Waals surface area contributed by atoms with E-state index in [9.17, 15) is 4.79 Å². The average molecular weight is 320 g/mol. The summed E-state index contributed by atoms with van der Waals surface area (Å²) in [6.45, 7) is 1.90. The fourth-order valence-electron chi connectivity index (χ4n) is 1.74. The fourth-order valence-corrected chi connectivity index (χ4v) is 1.74. The highest BCUT2D eigenvalue weighted by atomic mass is 16.5. The van der Waals surface area contributed by atoms with Crippen molar-refractivity contribution < 1.29 is 9.53 Å². The maximum Gasteiger partial charge on any atom is 0.350 e. The zero-order valence-corrected chi connectivity index (χ0v) is 13.1. The molecule has 120 valence electrons. The number of carbonyl (C=O) groups is 1. The van der Waals surface area contributed by atoms with Gasteiger partial charge in [-0.2, -0.15) is 15.5 Å². The highest BCUT2D eigenvalue weighted by Crippen LogP contribution is 2.20. The largest absolute Gasteiger partial charge is 0.462 e. The molecule has 1 N–H and O–H groups in total. The van der Waals surface area contributed by atoms with E-state index in [1.165, 1.54) is 6.20 Å². The third-order valence-electron chi connectivity index (χ3n) is 2.90. The molecule has 0 saturated heterocycles. The maximum atomic E-state index is 11.5. The van der Waals surface area contributed by atoms with Crippen LogP contribution in [0.2, 0.25) is 0 Å². The Balaban J connectivity index is 2.00. The molecule has 0 fully saturated rings. The Bertz CT molecular complexity index is 775. The van der Waals surface area contributed by atoms with Crippen LogP contribution in [0, 0.1) is 11.3 Å². The second-order valence-electron chi connectivity index (χ2n) is 4.62. The lowest BCUT2D eigenvalue weighted by Crippen LogP contribution is -2.07. The van der Waals surface area contributed by atoms with Crippen LogP contribution in [0.3, 0.4) is 0 Å². The van der Waals surface area contributed by atoms with E-state index in [0.29, 0.717) is 11.4 Å². The molecule has 0 heterocycles. The van der Waals surface area contributed by atoms with Gasteiger partial charge in [-0.1, -0.05) is 18.2 Å². The van der Waals surface area contributed by atoms with Crippen molar-refractivity contribution in [1.82, 2.24) is 0 Å². The van der Waals surface area contributed by atoms with Crippen LogP contribution in [0.15, 0.2) is 76.6 Å². The van der Waals surface area contributed by atoms with Gasteiger partial charge >= 0.3 is 5.97 Å². The molecule has 6 nitrogen and oxygen atoms in total. The molecule has 2 rings (SSSR count). The van der Waals surface area contributed by atoms with Gasteiger partial charge in [0.25, 0.3) is 0 Å². The Hall–Kier alpha value is -3.46. The summed E-state index contributed by atoms with van der Waals surface area (Å²) in [5.74, 6) is -0.652. The van der Waals surface area contributed by atoms with Crippen LogP contribution in [0.25, 0.3) is 0 Å². The lowest BCUT2D eigenvalue weighted by molar-refractivity contribution is -0.138. The van der Waals surface area contributed by atoms with Crippen molar-refractivity contribution >= 4 is 23.0 Å². The van der Waals surface area contributed by atoms with E-state index in [2.05, 4.69) is 15.5 Å². The second-order valence-corrected chi connectivity index (χ2v) is 4.62. The van der Waals surface area contributed by atoms with Gasteiger partial charge in [-0.3, -0.25) is 0 Å². The van der Waals surface area contributed by atoms with E-state index < -0.39 is 5.97 Å². The number of carbonyl (C=O) groups excluding carboxylic acids is 1. The van der Waals surface area contributed by atoms with Crippen molar-refractivity contribution in [2.45, 2.75) is 6.92 Å². The average Bonchev–Trinajstić information content (AvgIpc) is 2.62. The monoisotopic (exact) mass is 320 g/mol. The number of benzene rings is 2. The van der Waals surface area contributed by atoms with Gasteiger partial charge in [0.1, 0.15) is 6.07 Å². The van der Waals surface area contributed by atoms with Crippen LogP contribution in [0.5, 0.6) is 0 Å². The molecule has 24 heavy (non-hydrogen) atoms. The van der Waals surface area contributed by atoms with Crippen molar-refractivity contribution in [3.63, 3.8) is 0 Å². The fraction of sp³-hybridized carbons (Fsp3) is 0.111. The molecule has 0 aliphatic carbocycles. The lowest BCUT2D eigenvalue weighted by Gasteiger charge is -2.03. The van der Waals surface area contributed by atoms with Gasteiger partial charge in [0.05, 0.1) is 18.0 Å².